The maximum atomic E-state index is 13.0. The summed E-state index contributed by atoms with van der Waals surface area (Å²) in [5.74, 6) is 0.150. The smallest absolute Gasteiger partial charge is 0.255 e. The van der Waals surface area contributed by atoms with Gasteiger partial charge in [-0.15, -0.1) is 0 Å². The van der Waals surface area contributed by atoms with Crippen LogP contribution >= 0.6 is 0 Å². The largest absolute Gasteiger partial charge is 0.372 e. The Morgan fingerprint density at radius 2 is 1.91 bits per heavy atom. The van der Waals surface area contributed by atoms with Gasteiger partial charge >= 0.3 is 0 Å². The van der Waals surface area contributed by atoms with Gasteiger partial charge in [0, 0.05) is 31.9 Å². The number of nitrogens with zero attached hydrogens (tertiary/aromatic N) is 2. The number of carbonyl (C=O) groups excluding carboxylic acids is 1. The molecule has 0 atom stereocenters. The van der Waals surface area contributed by atoms with Crippen LogP contribution in [0.5, 0.6) is 0 Å². The van der Waals surface area contributed by atoms with Gasteiger partial charge in [-0.25, -0.2) is 8.42 Å². The molecule has 5 nitrogen and oxygen atoms in total. The molecule has 0 radical (unpaired) electrons. The fraction of sp³-hybridized carbons (Fsp3) is 0.588. The molecule has 1 fully saturated rings. The van der Waals surface area contributed by atoms with Gasteiger partial charge in [0.15, 0.2) is 9.84 Å². The zero-order valence-electron chi connectivity index (χ0n) is 14.4. The van der Waals surface area contributed by atoms with E-state index < -0.39 is 9.84 Å². The number of carbonyl (C=O) groups is 1. The first-order chi connectivity index (χ1) is 10.7. The molecule has 0 N–H and O–H groups in total. The second kappa shape index (κ2) is 6.91. The molecule has 0 spiro atoms. The molecular formula is C17H26N2O3S. The number of anilines is 1. The van der Waals surface area contributed by atoms with E-state index in [-0.39, 0.29) is 30.0 Å². The van der Waals surface area contributed by atoms with Crippen molar-refractivity contribution in [2.45, 2.75) is 33.2 Å². The van der Waals surface area contributed by atoms with Gasteiger partial charge in [0.05, 0.1) is 17.1 Å². The van der Waals surface area contributed by atoms with E-state index in [4.69, 9.17) is 0 Å². The first-order valence-electron chi connectivity index (χ1n) is 8.04. The summed E-state index contributed by atoms with van der Waals surface area (Å²) in [6.07, 6.45) is 0.509. The van der Waals surface area contributed by atoms with E-state index in [0.29, 0.717) is 18.5 Å². The van der Waals surface area contributed by atoms with Crippen molar-refractivity contribution in [2.75, 3.05) is 36.5 Å². The van der Waals surface area contributed by atoms with Crippen molar-refractivity contribution >= 4 is 21.4 Å². The Morgan fingerprint density at radius 3 is 2.57 bits per heavy atom. The van der Waals surface area contributed by atoms with Crippen LogP contribution in [0.15, 0.2) is 18.2 Å². The molecule has 0 saturated carbocycles. The van der Waals surface area contributed by atoms with E-state index in [9.17, 15) is 13.2 Å². The van der Waals surface area contributed by atoms with Crippen LogP contribution < -0.4 is 4.90 Å². The Morgan fingerprint density at radius 1 is 1.22 bits per heavy atom. The van der Waals surface area contributed by atoms with Gasteiger partial charge in [-0.3, -0.25) is 4.79 Å². The van der Waals surface area contributed by atoms with Crippen molar-refractivity contribution in [1.82, 2.24) is 4.90 Å². The van der Waals surface area contributed by atoms with Crippen molar-refractivity contribution in [3.63, 3.8) is 0 Å². The van der Waals surface area contributed by atoms with Crippen LogP contribution in [-0.4, -0.2) is 56.9 Å². The molecule has 1 amide bonds. The van der Waals surface area contributed by atoms with E-state index >= 15 is 0 Å². The summed E-state index contributed by atoms with van der Waals surface area (Å²) in [6.45, 7) is 6.89. The SMILES string of the molecule is Cc1ccc(N(C)C(C)C)c(C(=O)N2CCCS(=O)(=O)CC2)c1. The zero-order valence-corrected chi connectivity index (χ0v) is 15.2. The van der Waals surface area contributed by atoms with Gasteiger partial charge in [0.25, 0.3) is 5.91 Å². The normalized spacial score (nSPS) is 17.9. The molecule has 1 heterocycles. The van der Waals surface area contributed by atoms with E-state index in [1.54, 1.807) is 4.90 Å². The van der Waals surface area contributed by atoms with Gasteiger partial charge in [0.2, 0.25) is 0 Å². The predicted molar refractivity (Wildman–Crippen MR) is 93.9 cm³/mol. The molecule has 0 aliphatic carbocycles. The van der Waals surface area contributed by atoms with Crippen LogP contribution in [0.2, 0.25) is 0 Å². The Hall–Kier alpha value is -1.56. The standard InChI is InChI=1S/C17H26N2O3S/c1-13(2)18(4)16-7-6-14(3)12-15(16)17(20)19-8-5-10-23(21,22)11-9-19/h6-7,12-13H,5,8-11H2,1-4H3. The number of amides is 1. The number of hydrogen-bond donors (Lipinski definition) is 0. The molecule has 6 heteroatoms. The highest BCUT2D eigenvalue weighted by Crippen LogP contribution is 2.25. The Balaban J connectivity index is 2.33. The van der Waals surface area contributed by atoms with Gasteiger partial charge in [0.1, 0.15) is 0 Å². The topological polar surface area (TPSA) is 57.7 Å². The van der Waals surface area contributed by atoms with Crippen LogP contribution in [0.4, 0.5) is 5.69 Å². The quantitative estimate of drug-likeness (QED) is 0.847. The molecule has 0 aromatic heterocycles. The molecular weight excluding hydrogens is 312 g/mol. The molecule has 1 aliphatic heterocycles. The number of benzene rings is 1. The summed E-state index contributed by atoms with van der Waals surface area (Å²) in [6, 6.07) is 6.14. The fourth-order valence-corrected chi connectivity index (χ4v) is 3.99. The van der Waals surface area contributed by atoms with Gasteiger partial charge in [-0.1, -0.05) is 11.6 Å². The number of sulfone groups is 1. The highest BCUT2D eigenvalue weighted by atomic mass is 32.2. The van der Waals surface area contributed by atoms with E-state index in [1.165, 1.54) is 0 Å². The Kier molecular flexibility index (Phi) is 5.34. The van der Waals surface area contributed by atoms with Crippen LogP contribution in [0.3, 0.4) is 0 Å². The fourth-order valence-electron chi connectivity index (χ4n) is 2.72. The molecule has 0 unspecified atom stereocenters. The molecule has 23 heavy (non-hydrogen) atoms. The van der Waals surface area contributed by atoms with Crippen molar-refractivity contribution < 1.29 is 13.2 Å². The molecule has 1 aromatic carbocycles. The maximum absolute atomic E-state index is 13.0. The molecule has 0 bridgehead atoms. The van der Waals surface area contributed by atoms with Crippen molar-refractivity contribution in [3.05, 3.63) is 29.3 Å². The second-order valence-electron chi connectivity index (χ2n) is 6.52. The van der Waals surface area contributed by atoms with E-state index in [0.717, 1.165) is 11.3 Å². The minimum absolute atomic E-state index is 0.0555. The van der Waals surface area contributed by atoms with Gasteiger partial charge in [-0.05, 0) is 39.3 Å². The summed E-state index contributed by atoms with van der Waals surface area (Å²) in [5.41, 5.74) is 2.57. The summed E-state index contributed by atoms with van der Waals surface area (Å²) in [5, 5.41) is 0. The highest BCUT2D eigenvalue weighted by molar-refractivity contribution is 7.91. The lowest BCUT2D eigenvalue weighted by Crippen LogP contribution is -2.35. The van der Waals surface area contributed by atoms with Crippen molar-refractivity contribution in [1.29, 1.82) is 0 Å². The third kappa shape index (κ3) is 4.25. The van der Waals surface area contributed by atoms with Gasteiger partial charge < -0.3 is 9.80 Å². The lowest BCUT2D eigenvalue weighted by atomic mass is 10.1. The predicted octanol–water partition coefficient (Wildman–Crippen LogP) is 2.10. The lowest BCUT2D eigenvalue weighted by molar-refractivity contribution is 0.0769. The minimum Gasteiger partial charge on any atom is -0.372 e. The first kappa shape index (κ1) is 17.8. The third-order valence-corrected chi connectivity index (χ3v) is 6.10. The number of hydrogen-bond acceptors (Lipinski definition) is 4. The van der Waals surface area contributed by atoms with Crippen LogP contribution in [0, 0.1) is 6.92 Å². The average Bonchev–Trinajstić information content (AvgIpc) is 2.66. The minimum atomic E-state index is -3.02. The van der Waals surface area contributed by atoms with Crippen molar-refractivity contribution in [3.8, 4) is 0 Å². The lowest BCUT2D eigenvalue weighted by Gasteiger charge is -2.28. The van der Waals surface area contributed by atoms with Crippen molar-refractivity contribution in [2.24, 2.45) is 0 Å². The summed E-state index contributed by atoms with van der Waals surface area (Å²) >= 11 is 0. The summed E-state index contributed by atoms with van der Waals surface area (Å²) in [4.78, 5) is 16.7. The third-order valence-electron chi connectivity index (χ3n) is 4.38. The average molecular weight is 338 g/mol. The molecule has 2 rings (SSSR count). The van der Waals surface area contributed by atoms with Gasteiger partial charge in [-0.2, -0.15) is 0 Å². The number of rotatable bonds is 3. The second-order valence-corrected chi connectivity index (χ2v) is 8.83. The maximum Gasteiger partial charge on any atom is 0.255 e. The first-order valence-corrected chi connectivity index (χ1v) is 9.86. The zero-order chi connectivity index (χ0) is 17.2. The highest BCUT2D eigenvalue weighted by Gasteiger charge is 2.26. The summed E-state index contributed by atoms with van der Waals surface area (Å²) in [7, 11) is -1.05. The molecule has 128 valence electrons. The van der Waals surface area contributed by atoms with Crippen LogP contribution in [0.25, 0.3) is 0 Å². The molecule has 1 aliphatic rings. The summed E-state index contributed by atoms with van der Waals surface area (Å²) < 4.78 is 23.5. The van der Waals surface area contributed by atoms with Crippen LogP contribution in [0.1, 0.15) is 36.2 Å². The number of aryl methyl sites for hydroxylation is 1. The molecule has 1 saturated heterocycles. The Labute approximate surface area is 139 Å². The Bertz CT molecular complexity index is 683. The van der Waals surface area contributed by atoms with Crippen LogP contribution in [-0.2, 0) is 9.84 Å². The molecule has 1 aromatic rings. The monoisotopic (exact) mass is 338 g/mol. The van der Waals surface area contributed by atoms with E-state index in [2.05, 4.69) is 18.7 Å². The van der Waals surface area contributed by atoms with E-state index in [1.807, 2.05) is 32.2 Å².